The molecule has 4 rings (SSSR count). The maximum absolute atomic E-state index is 13.5. The third-order valence-corrected chi connectivity index (χ3v) is 6.68. The lowest BCUT2D eigenvalue weighted by Crippen LogP contribution is -2.43. The molecule has 32 heavy (non-hydrogen) atoms. The van der Waals surface area contributed by atoms with E-state index in [2.05, 4.69) is 28.4 Å². The van der Waals surface area contributed by atoms with Crippen molar-refractivity contribution >= 4 is 11.8 Å². The molecule has 2 amide bonds. The molecule has 0 spiro atoms. The Morgan fingerprint density at radius 3 is 2.59 bits per heavy atom. The second-order valence-corrected chi connectivity index (χ2v) is 8.99. The third kappa shape index (κ3) is 4.82. The van der Waals surface area contributed by atoms with Gasteiger partial charge in [-0.3, -0.25) is 9.59 Å². The third-order valence-electron chi connectivity index (χ3n) is 6.68. The topological polar surface area (TPSA) is 58.6 Å². The molecule has 1 fully saturated rings. The molecule has 0 radical (unpaired) electrons. The Bertz CT molecular complexity index is 937. The summed E-state index contributed by atoms with van der Waals surface area (Å²) in [6, 6.07) is 16.2. The number of hydrogen-bond acceptors (Lipinski definition) is 3. The highest BCUT2D eigenvalue weighted by atomic mass is 16.5. The number of rotatable bonds is 7. The number of carbonyl (C=O) groups excluding carboxylic acids is 2. The highest BCUT2D eigenvalue weighted by Gasteiger charge is 2.36. The molecule has 0 saturated heterocycles. The number of nitrogens with zero attached hydrogens (tertiary/aromatic N) is 1. The van der Waals surface area contributed by atoms with E-state index in [4.69, 9.17) is 4.74 Å². The zero-order valence-electron chi connectivity index (χ0n) is 19.2. The predicted octanol–water partition coefficient (Wildman–Crippen LogP) is 4.64. The summed E-state index contributed by atoms with van der Waals surface area (Å²) in [6.07, 6.45) is 5.44. The van der Waals surface area contributed by atoms with Crippen molar-refractivity contribution in [3.63, 3.8) is 0 Å². The van der Waals surface area contributed by atoms with E-state index in [1.165, 1.54) is 5.56 Å². The van der Waals surface area contributed by atoms with Gasteiger partial charge in [-0.2, -0.15) is 0 Å². The molecule has 0 aromatic heterocycles. The van der Waals surface area contributed by atoms with Crippen LogP contribution in [0.4, 0.5) is 0 Å². The molecule has 5 heteroatoms. The lowest BCUT2D eigenvalue weighted by molar-refractivity contribution is -0.137. The van der Waals surface area contributed by atoms with Gasteiger partial charge in [-0.15, -0.1) is 0 Å². The van der Waals surface area contributed by atoms with Gasteiger partial charge in [0.05, 0.1) is 6.04 Å². The van der Waals surface area contributed by atoms with Crippen LogP contribution < -0.4 is 10.1 Å². The van der Waals surface area contributed by atoms with Crippen LogP contribution >= 0.6 is 0 Å². The zero-order valence-corrected chi connectivity index (χ0v) is 19.2. The summed E-state index contributed by atoms with van der Waals surface area (Å²) in [6.45, 7) is 5.18. The van der Waals surface area contributed by atoms with Crippen LogP contribution in [0.1, 0.15) is 68.7 Å². The van der Waals surface area contributed by atoms with E-state index in [1.54, 1.807) is 6.92 Å². The van der Waals surface area contributed by atoms with Crippen molar-refractivity contribution < 1.29 is 14.3 Å². The van der Waals surface area contributed by atoms with Gasteiger partial charge in [0.15, 0.2) is 6.10 Å². The second kappa shape index (κ2) is 10.2. The molecule has 2 unspecified atom stereocenters. The van der Waals surface area contributed by atoms with Crippen molar-refractivity contribution in [1.82, 2.24) is 10.2 Å². The van der Waals surface area contributed by atoms with Crippen LogP contribution in [-0.4, -0.2) is 35.9 Å². The predicted molar refractivity (Wildman–Crippen MR) is 125 cm³/mol. The van der Waals surface area contributed by atoms with Crippen molar-refractivity contribution in [2.75, 3.05) is 13.1 Å². The van der Waals surface area contributed by atoms with Gasteiger partial charge in [-0.05, 0) is 61.4 Å². The van der Waals surface area contributed by atoms with Gasteiger partial charge >= 0.3 is 0 Å². The van der Waals surface area contributed by atoms with Gasteiger partial charge < -0.3 is 15.0 Å². The summed E-state index contributed by atoms with van der Waals surface area (Å²) in [5, 5.41) is 2.89. The molecular formula is C27H34N2O3. The quantitative estimate of drug-likeness (QED) is 0.690. The fourth-order valence-electron chi connectivity index (χ4n) is 4.96. The fourth-order valence-corrected chi connectivity index (χ4v) is 4.96. The first-order valence-electron chi connectivity index (χ1n) is 12.0. The molecule has 0 bridgehead atoms. The summed E-state index contributed by atoms with van der Waals surface area (Å²) in [4.78, 5) is 27.8. The number of benzene rings is 2. The van der Waals surface area contributed by atoms with Crippen LogP contribution in [-0.2, 0) is 16.0 Å². The molecule has 1 saturated carbocycles. The van der Waals surface area contributed by atoms with Gasteiger partial charge in [0.2, 0.25) is 5.91 Å². The minimum absolute atomic E-state index is 0.109. The van der Waals surface area contributed by atoms with Gasteiger partial charge in [-0.25, -0.2) is 0 Å². The molecule has 1 aliphatic heterocycles. The minimum Gasteiger partial charge on any atom is -0.481 e. The summed E-state index contributed by atoms with van der Waals surface area (Å²) < 4.78 is 6.00. The first kappa shape index (κ1) is 22.4. The largest absolute Gasteiger partial charge is 0.481 e. The maximum Gasteiger partial charge on any atom is 0.260 e. The second-order valence-electron chi connectivity index (χ2n) is 8.99. The lowest BCUT2D eigenvalue weighted by atomic mass is 9.87. The number of nitrogens with one attached hydrogen (secondary N) is 1. The smallest absolute Gasteiger partial charge is 0.260 e. The summed E-state index contributed by atoms with van der Waals surface area (Å²) >= 11 is 0. The van der Waals surface area contributed by atoms with Gasteiger partial charge in [0.1, 0.15) is 5.75 Å². The number of amides is 2. The summed E-state index contributed by atoms with van der Waals surface area (Å²) in [5.74, 6) is 0.978. The van der Waals surface area contributed by atoms with E-state index in [0.29, 0.717) is 12.3 Å². The van der Waals surface area contributed by atoms with Crippen LogP contribution in [0.5, 0.6) is 5.75 Å². The maximum atomic E-state index is 13.5. The Hall–Kier alpha value is -2.82. The molecule has 2 aliphatic rings. The molecule has 1 aliphatic carbocycles. The van der Waals surface area contributed by atoms with Crippen molar-refractivity contribution in [3.8, 4) is 5.75 Å². The first-order chi connectivity index (χ1) is 15.6. The van der Waals surface area contributed by atoms with Crippen LogP contribution in [0.3, 0.4) is 0 Å². The number of hydrogen-bond donors (Lipinski definition) is 1. The Morgan fingerprint density at radius 2 is 1.88 bits per heavy atom. The minimum atomic E-state index is -0.574. The van der Waals surface area contributed by atoms with E-state index in [9.17, 15) is 9.59 Å². The standard InChI is InChI=1S/C27H34N2O3/c1-3-16-28-26(30)19(2)32-23-14-13-20-15-17-29(27(31)22-11-7-8-12-22)25(24(20)18-23)21-9-5-4-6-10-21/h4-6,9-10,13-14,18-19,22,25H,3,7-8,11-12,15-17H2,1-2H3,(H,28,30). The van der Waals surface area contributed by atoms with Crippen molar-refractivity contribution in [3.05, 3.63) is 65.2 Å². The Kier molecular flexibility index (Phi) is 7.13. The van der Waals surface area contributed by atoms with Crippen LogP contribution in [0, 0.1) is 5.92 Å². The molecular weight excluding hydrogens is 400 g/mol. The summed E-state index contributed by atoms with van der Waals surface area (Å²) in [5.41, 5.74) is 3.46. The number of fused-ring (bicyclic) bond motifs is 1. The first-order valence-corrected chi connectivity index (χ1v) is 12.0. The highest BCUT2D eigenvalue weighted by Crippen LogP contribution is 2.39. The monoisotopic (exact) mass is 434 g/mol. The van der Waals surface area contributed by atoms with E-state index >= 15 is 0 Å². The average Bonchev–Trinajstić information content (AvgIpc) is 3.37. The molecule has 5 nitrogen and oxygen atoms in total. The van der Waals surface area contributed by atoms with Gasteiger partial charge in [0.25, 0.3) is 5.91 Å². The number of ether oxygens (including phenoxy) is 1. The normalized spacial score (nSPS) is 19.3. The summed E-state index contributed by atoms with van der Waals surface area (Å²) in [7, 11) is 0. The SMILES string of the molecule is CCCNC(=O)C(C)Oc1ccc2c(c1)C(c1ccccc1)N(C(=O)C1CCCC1)CC2. The van der Waals surface area contributed by atoms with E-state index in [1.807, 2.05) is 37.3 Å². The fraction of sp³-hybridized carbons (Fsp3) is 0.481. The van der Waals surface area contributed by atoms with Crippen LogP contribution in [0.25, 0.3) is 0 Å². The Labute approximate surface area is 191 Å². The zero-order chi connectivity index (χ0) is 22.5. The van der Waals surface area contributed by atoms with E-state index < -0.39 is 6.10 Å². The van der Waals surface area contributed by atoms with Crippen LogP contribution in [0.2, 0.25) is 0 Å². The number of carbonyl (C=O) groups is 2. The van der Waals surface area contributed by atoms with E-state index in [-0.39, 0.29) is 23.8 Å². The van der Waals surface area contributed by atoms with Gasteiger partial charge in [-0.1, -0.05) is 56.2 Å². The van der Waals surface area contributed by atoms with Gasteiger partial charge in [0, 0.05) is 19.0 Å². The van der Waals surface area contributed by atoms with Crippen LogP contribution in [0.15, 0.2) is 48.5 Å². The molecule has 2 aromatic carbocycles. The van der Waals surface area contributed by atoms with Crippen molar-refractivity contribution in [2.24, 2.45) is 5.92 Å². The molecule has 1 heterocycles. The Morgan fingerprint density at radius 1 is 1.12 bits per heavy atom. The molecule has 1 N–H and O–H groups in total. The molecule has 170 valence electrons. The Balaban J connectivity index is 1.64. The molecule has 2 aromatic rings. The lowest BCUT2D eigenvalue weighted by Gasteiger charge is -2.39. The van der Waals surface area contributed by atoms with Crippen molar-refractivity contribution in [1.29, 1.82) is 0 Å². The molecule has 2 atom stereocenters. The van der Waals surface area contributed by atoms with E-state index in [0.717, 1.165) is 56.2 Å². The van der Waals surface area contributed by atoms with Crippen molar-refractivity contribution in [2.45, 2.75) is 64.5 Å². The highest BCUT2D eigenvalue weighted by molar-refractivity contribution is 5.81. The average molecular weight is 435 g/mol.